The van der Waals surface area contributed by atoms with E-state index in [-0.39, 0.29) is 17.7 Å². The molecule has 1 saturated carbocycles. The van der Waals surface area contributed by atoms with Crippen LogP contribution in [0.2, 0.25) is 0 Å². The normalized spacial score (nSPS) is 24.0. The number of nitrogens with zero attached hydrogens (tertiary/aromatic N) is 4. The first-order valence-corrected chi connectivity index (χ1v) is 11.9. The van der Waals surface area contributed by atoms with E-state index in [4.69, 9.17) is 0 Å². The Hall–Kier alpha value is -2.41. The molecule has 2 amide bonds. The lowest BCUT2D eigenvalue weighted by Gasteiger charge is -2.38. The number of aryl methyl sites for hydroxylation is 1. The van der Waals surface area contributed by atoms with E-state index in [2.05, 4.69) is 38.4 Å². The second kappa shape index (κ2) is 8.61. The summed E-state index contributed by atoms with van der Waals surface area (Å²) in [7, 11) is 1.93. The maximum atomic E-state index is 12.4. The van der Waals surface area contributed by atoms with Crippen molar-refractivity contribution in [1.82, 2.24) is 20.0 Å². The lowest BCUT2D eigenvalue weighted by molar-refractivity contribution is -0.134. The minimum absolute atomic E-state index is 0.189. The summed E-state index contributed by atoms with van der Waals surface area (Å²) in [5.74, 6) is 0.133. The average Bonchev–Trinajstić information content (AvgIpc) is 3.11. The van der Waals surface area contributed by atoms with Crippen LogP contribution in [-0.2, 0) is 16.6 Å². The molecule has 2 aromatic rings. The molecule has 3 heterocycles. The molecule has 0 bridgehead atoms. The minimum Gasteiger partial charge on any atom is -0.369 e. The number of rotatable bonds is 4. The van der Waals surface area contributed by atoms with Crippen LogP contribution in [0.5, 0.6) is 0 Å². The van der Waals surface area contributed by atoms with Crippen LogP contribution in [0.4, 0.5) is 5.69 Å². The number of amides is 2. The molecule has 0 spiro atoms. The van der Waals surface area contributed by atoms with Crippen molar-refractivity contribution >= 4 is 28.4 Å². The Morgan fingerprint density at radius 3 is 2.55 bits per heavy atom. The fraction of sp³-hybridized carbons (Fsp3) is 0.625. The van der Waals surface area contributed by atoms with Gasteiger partial charge in [0.15, 0.2) is 0 Å². The zero-order chi connectivity index (χ0) is 21.4. The van der Waals surface area contributed by atoms with Crippen LogP contribution in [0.1, 0.15) is 56.6 Å². The molecule has 7 nitrogen and oxygen atoms in total. The van der Waals surface area contributed by atoms with Gasteiger partial charge in [0.2, 0.25) is 11.8 Å². The van der Waals surface area contributed by atoms with Gasteiger partial charge in [-0.2, -0.15) is 5.10 Å². The zero-order valence-corrected chi connectivity index (χ0v) is 18.5. The quantitative estimate of drug-likeness (QED) is 0.766. The van der Waals surface area contributed by atoms with E-state index >= 15 is 0 Å². The van der Waals surface area contributed by atoms with Gasteiger partial charge in [0.05, 0.1) is 17.1 Å². The Morgan fingerprint density at radius 2 is 1.81 bits per heavy atom. The van der Waals surface area contributed by atoms with Crippen molar-refractivity contribution in [3.05, 3.63) is 23.9 Å². The van der Waals surface area contributed by atoms with E-state index in [0.29, 0.717) is 12.8 Å². The highest BCUT2D eigenvalue weighted by molar-refractivity contribution is 6.02. The summed E-state index contributed by atoms with van der Waals surface area (Å²) in [4.78, 5) is 29.0. The van der Waals surface area contributed by atoms with Crippen LogP contribution >= 0.6 is 0 Å². The smallest absolute Gasteiger partial charge is 0.235 e. The predicted molar refractivity (Wildman–Crippen MR) is 121 cm³/mol. The second-order valence-electron chi connectivity index (χ2n) is 9.51. The van der Waals surface area contributed by atoms with Gasteiger partial charge in [0.1, 0.15) is 0 Å². The molecule has 31 heavy (non-hydrogen) atoms. The van der Waals surface area contributed by atoms with Crippen molar-refractivity contribution in [2.24, 2.45) is 13.0 Å². The van der Waals surface area contributed by atoms with Crippen molar-refractivity contribution in [2.45, 2.75) is 50.9 Å². The van der Waals surface area contributed by atoms with Gasteiger partial charge in [-0.25, -0.2) is 0 Å². The van der Waals surface area contributed by atoms with Crippen LogP contribution in [0.3, 0.4) is 0 Å². The van der Waals surface area contributed by atoms with Gasteiger partial charge in [-0.05, 0) is 43.4 Å². The van der Waals surface area contributed by atoms with Gasteiger partial charge in [-0.15, -0.1) is 0 Å². The molecule has 3 fully saturated rings. The number of aromatic nitrogens is 2. The number of imide groups is 1. The molecule has 5 rings (SSSR count). The lowest BCUT2D eigenvalue weighted by Crippen LogP contribution is -2.48. The predicted octanol–water partition coefficient (Wildman–Crippen LogP) is 2.80. The average molecular weight is 424 g/mol. The summed E-state index contributed by atoms with van der Waals surface area (Å²) in [5.41, 5.74) is 3.05. The molecule has 1 N–H and O–H groups in total. The Balaban J connectivity index is 1.28. The Kier molecular flexibility index (Phi) is 5.69. The van der Waals surface area contributed by atoms with Crippen LogP contribution in [0, 0.1) is 5.92 Å². The summed E-state index contributed by atoms with van der Waals surface area (Å²) in [6, 6.07) is 6.47. The summed E-state index contributed by atoms with van der Waals surface area (Å²) < 4.78 is 1.87. The highest BCUT2D eigenvalue weighted by Gasteiger charge is 2.32. The van der Waals surface area contributed by atoms with Crippen LogP contribution in [-0.4, -0.2) is 59.2 Å². The third-order valence-corrected chi connectivity index (χ3v) is 7.41. The fourth-order valence-electron chi connectivity index (χ4n) is 5.61. The molecular formula is C24H33N5O2. The number of benzene rings is 1. The first kappa shape index (κ1) is 20.5. The first-order valence-electron chi connectivity index (χ1n) is 11.9. The first-order chi connectivity index (χ1) is 15.1. The largest absolute Gasteiger partial charge is 0.369 e. The Bertz CT molecular complexity index is 970. The molecule has 1 aromatic heterocycles. The molecule has 3 aliphatic rings. The van der Waals surface area contributed by atoms with Gasteiger partial charge >= 0.3 is 0 Å². The molecule has 2 saturated heterocycles. The maximum absolute atomic E-state index is 12.4. The van der Waals surface area contributed by atoms with Gasteiger partial charge < -0.3 is 4.90 Å². The number of piperidine rings is 1. The van der Waals surface area contributed by atoms with Gasteiger partial charge in [-0.1, -0.05) is 19.3 Å². The zero-order valence-electron chi connectivity index (χ0n) is 18.5. The topological polar surface area (TPSA) is 70.5 Å². The maximum Gasteiger partial charge on any atom is 0.235 e. The number of fused-ring (bicyclic) bond motifs is 1. The third kappa shape index (κ3) is 4.20. The van der Waals surface area contributed by atoms with Gasteiger partial charge in [0.25, 0.3) is 0 Å². The number of hydrogen-bond acceptors (Lipinski definition) is 5. The Morgan fingerprint density at radius 1 is 1.03 bits per heavy atom. The second-order valence-corrected chi connectivity index (χ2v) is 9.51. The van der Waals surface area contributed by atoms with Crippen molar-refractivity contribution < 1.29 is 9.59 Å². The van der Waals surface area contributed by atoms with Crippen molar-refractivity contribution in [1.29, 1.82) is 0 Å². The van der Waals surface area contributed by atoms with Gasteiger partial charge in [-0.3, -0.25) is 24.5 Å². The fourth-order valence-corrected chi connectivity index (χ4v) is 5.61. The van der Waals surface area contributed by atoms with Crippen molar-refractivity contribution in [2.75, 3.05) is 37.6 Å². The monoisotopic (exact) mass is 423 g/mol. The molecule has 2 aliphatic heterocycles. The molecule has 1 aliphatic carbocycles. The number of anilines is 1. The molecular weight excluding hydrogens is 390 g/mol. The summed E-state index contributed by atoms with van der Waals surface area (Å²) in [5, 5.41) is 8.14. The van der Waals surface area contributed by atoms with E-state index in [1.54, 1.807) is 0 Å². The molecule has 7 heteroatoms. The summed E-state index contributed by atoms with van der Waals surface area (Å²) >= 11 is 0. The van der Waals surface area contributed by atoms with Crippen LogP contribution in [0.15, 0.2) is 18.2 Å². The number of piperazine rings is 1. The number of carbonyl (C=O) groups excluding carboxylic acids is 2. The van der Waals surface area contributed by atoms with E-state index in [1.165, 1.54) is 44.3 Å². The Labute approximate surface area is 183 Å². The standard InChI is InChI=1S/C24H33N5O2/c1-27-21-15-18(29-13-11-28(12-14-29)16-17-5-3-2-4-6-17)7-8-19(21)23(26-27)20-9-10-22(30)25-24(20)31/h7-8,15,17,20H,2-6,9-14,16H2,1H3,(H,25,30,31). The lowest BCUT2D eigenvalue weighted by atomic mass is 9.89. The van der Waals surface area contributed by atoms with E-state index in [9.17, 15) is 9.59 Å². The third-order valence-electron chi connectivity index (χ3n) is 7.41. The number of nitrogens with one attached hydrogen (secondary N) is 1. The molecule has 1 unspecified atom stereocenters. The van der Waals surface area contributed by atoms with E-state index in [1.807, 2.05) is 11.7 Å². The highest BCUT2D eigenvalue weighted by Crippen LogP contribution is 2.32. The molecule has 1 aromatic carbocycles. The molecule has 1 atom stereocenters. The molecule has 166 valence electrons. The van der Waals surface area contributed by atoms with Gasteiger partial charge in [0, 0.05) is 57.3 Å². The van der Waals surface area contributed by atoms with Crippen LogP contribution < -0.4 is 10.2 Å². The van der Waals surface area contributed by atoms with Crippen LogP contribution in [0.25, 0.3) is 10.9 Å². The SMILES string of the molecule is Cn1nc(C2CCC(=O)NC2=O)c2ccc(N3CCN(CC4CCCCC4)CC3)cc21. The number of carbonyl (C=O) groups is 2. The highest BCUT2D eigenvalue weighted by atomic mass is 16.2. The number of hydrogen-bond donors (Lipinski definition) is 1. The minimum atomic E-state index is -0.351. The van der Waals surface area contributed by atoms with Crippen molar-refractivity contribution in [3.8, 4) is 0 Å². The van der Waals surface area contributed by atoms with Crippen molar-refractivity contribution in [3.63, 3.8) is 0 Å². The summed E-state index contributed by atoms with van der Waals surface area (Å²) in [6.07, 6.45) is 7.97. The summed E-state index contributed by atoms with van der Waals surface area (Å²) in [6.45, 7) is 5.62. The molecule has 0 radical (unpaired) electrons. The van der Waals surface area contributed by atoms with E-state index < -0.39 is 0 Å². The van der Waals surface area contributed by atoms with E-state index in [0.717, 1.165) is 48.7 Å².